The van der Waals surface area contributed by atoms with Crippen molar-refractivity contribution in [1.82, 2.24) is 9.80 Å². The van der Waals surface area contributed by atoms with Gasteiger partial charge in [0, 0.05) is 38.3 Å². The van der Waals surface area contributed by atoms with E-state index in [1.165, 1.54) is 0 Å². The Morgan fingerprint density at radius 1 is 1.22 bits per heavy atom. The molecule has 2 rings (SSSR count). The van der Waals surface area contributed by atoms with E-state index in [1.54, 1.807) is 4.90 Å². The molecule has 124 valence electrons. The average Bonchev–Trinajstić information content (AvgIpc) is 2.54. The number of carbonyl (C=O) groups excluding carboxylic acids is 1. The van der Waals surface area contributed by atoms with Gasteiger partial charge in [-0.3, -0.25) is 9.69 Å². The van der Waals surface area contributed by atoms with Crippen LogP contribution in [0.4, 0.5) is 0 Å². The van der Waals surface area contributed by atoms with Crippen LogP contribution in [0.5, 0.6) is 0 Å². The van der Waals surface area contributed by atoms with Crippen molar-refractivity contribution in [3.8, 4) is 6.07 Å². The highest BCUT2D eigenvalue weighted by molar-refractivity contribution is 5.94. The van der Waals surface area contributed by atoms with Crippen LogP contribution in [-0.2, 0) is 4.74 Å². The molecule has 5 heteroatoms. The Morgan fingerprint density at radius 3 is 2.48 bits per heavy atom. The average molecular weight is 315 g/mol. The topological polar surface area (TPSA) is 56.6 Å². The maximum absolute atomic E-state index is 12.8. The quantitative estimate of drug-likeness (QED) is 0.805. The van der Waals surface area contributed by atoms with Gasteiger partial charge in [0.1, 0.15) is 0 Å². The summed E-state index contributed by atoms with van der Waals surface area (Å²) < 4.78 is 5.35. The third-order valence-electron chi connectivity index (χ3n) is 4.04. The molecule has 1 heterocycles. The first-order chi connectivity index (χ1) is 11.1. The Balaban J connectivity index is 2.03. The molecule has 0 aliphatic carbocycles. The number of benzene rings is 1. The first-order valence-corrected chi connectivity index (χ1v) is 8.15. The third kappa shape index (κ3) is 5.34. The number of ether oxygens (including phenoxy) is 1. The highest BCUT2D eigenvalue weighted by Gasteiger charge is 2.18. The summed E-state index contributed by atoms with van der Waals surface area (Å²) in [5, 5.41) is 8.86. The van der Waals surface area contributed by atoms with Gasteiger partial charge in [-0.05, 0) is 26.0 Å². The Bertz CT molecular complexity index is 554. The molecule has 0 bridgehead atoms. The Kier molecular flexibility index (Phi) is 6.57. The number of nitriles is 1. The lowest BCUT2D eigenvalue weighted by Gasteiger charge is -2.30. The summed E-state index contributed by atoms with van der Waals surface area (Å²) in [4.78, 5) is 16.9. The van der Waals surface area contributed by atoms with E-state index in [2.05, 4.69) is 17.0 Å². The molecule has 0 spiro atoms. The minimum Gasteiger partial charge on any atom is -0.379 e. The van der Waals surface area contributed by atoms with Crippen molar-refractivity contribution >= 4 is 5.91 Å². The fraction of sp³-hybridized carbons (Fsp3) is 0.556. The van der Waals surface area contributed by atoms with Crippen LogP contribution in [0.15, 0.2) is 18.2 Å². The highest BCUT2D eigenvalue weighted by atomic mass is 16.5. The van der Waals surface area contributed by atoms with Gasteiger partial charge >= 0.3 is 0 Å². The van der Waals surface area contributed by atoms with E-state index in [0.29, 0.717) is 25.1 Å². The SMILES string of the molecule is Cc1cc(C)cc(C(=O)N(CCC#N)CCN2CCOCC2)c1. The minimum atomic E-state index is 0.0142. The second-order valence-electron chi connectivity index (χ2n) is 6.03. The van der Waals surface area contributed by atoms with Crippen LogP contribution in [0.3, 0.4) is 0 Å². The molecule has 23 heavy (non-hydrogen) atoms. The van der Waals surface area contributed by atoms with Crippen LogP contribution in [0.25, 0.3) is 0 Å². The summed E-state index contributed by atoms with van der Waals surface area (Å²) in [6.45, 7) is 9.26. The molecule has 0 atom stereocenters. The van der Waals surface area contributed by atoms with Gasteiger partial charge in [0.05, 0.1) is 25.7 Å². The Labute approximate surface area is 138 Å². The summed E-state index contributed by atoms with van der Waals surface area (Å²) in [6.07, 6.45) is 0.361. The van der Waals surface area contributed by atoms with Crippen molar-refractivity contribution in [3.05, 3.63) is 34.9 Å². The Hall–Kier alpha value is -1.90. The highest BCUT2D eigenvalue weighted by Crippen LogP contribution is 2.12. The van der Waals surface area contributed by atoms with Crippen LogP contribution < -0.4 is 0 Å². The molecule has 1 fully saturated rings. The summed E-state index contributed by atoms with van der Waals surface area (Å²) in [6, 6.07) is 8.04. The van der Waals surface area contributed by atoms with E-state index in [9.17, 15) is 4.79 Å². The predicted molar refractivity (Wildman–Crippen MR) is 89.3 cm³/mol. The van der Waals surface area contributed by atoms with E-state index >= 15 is 0 Å². The fourth-order valence-corrected chi connectivity index (χ4v) is 2.87. The van der Waals surface area contributed by atoms with Crippen LogP contribution in [0.2, 0.25) is 0 Å². The molecule has 0 unspecified atom stereocenters. The molecule has 0 aromatic heterocycles. The van der Waals surface area contributed by atoms with E-state index in [-0.39, 0.29) is 5.91 Å². The maximum Gasteiger partial charge on any atom is 0.253 e. The van der Waals surface area contributed by atoms with Gasteiger partial charge in [-0.25, -0.2) is 0 Å². The first-order valence-electron chi connectivity index (χ1n) is 8.15. The second-order valence-corrected chi connectivity index (χ2v) is 6.03. The van der Waals surface area contributed by atoms with Crippen molar-refractivity contribution in [2.24, 2.45) is 0 Å². The lowest BCUT2D eigenvalue weighted by molar-refractivity contribution is 0.0326. The summed E-state index contributed by atoms with van der Waals surface area (Å²) in [5.41, 5.74) is 2.88. The number of hydrogen-bond acceptors (Lipinski definition) is 4. The molecule has 5 nitrogen and oxygen atoms in total. The molecule has 1 aliphatic heterocycles. The van der Waals surface area contributed by atoms with Crippen LogP contribution in [-0.4, -0.2) is 61.6 Å². The molecule has 1 aromatic carbocycles. The van der Waals surface area contributed by atoms with Crippen molar-refractivity contribution in [2.75, 3.05) is 45.9 Å². The molecule has 1 amide bonds. The normalized spacial score (nSPS) is 15.2. The fourth-order valence-electron chi connectivity index (χ4n) is 2.87. The number of rotatable bonds is 6. The van der Waals surface area contributed by atoms with E-state index < -0.39 is 0 Å². The molecule has 1 aliphatic rings. The largest absolute Gasteiger partial charge is 0.379 e. The zero-order chi connectivity index (χ0) is 16.7. The smallest absolute Gasteiger partial charge is 0.253 e. The molecular formula is C18H25N3O2. The van der Waals surface area contributed by atoms with Crippen molar-refractivity contribution in [1.29, 1.82) is 5.26 Å². The first kappa shape index (κ1) is 17.5. The van der Waals surface area contributed by atoms with Crippen LogP contribution >= 0.6 is 0 Å². The number of morpholine rings is 1. The number of aryl methyl sites for hydroxylation is 2. The molecule has 0 radical (unpaired) electrons. The van der Waals surface area contributed by atoms with Crippen molar-refractivity contribution < 1.29 is 9.53 Å². The second kappa shape index (κ2) is 8.66. The van der Waals surface area contributed by atoms with E-state index in [4.69, 9.17) is 10.00 Å². The number of hydrogen-bond donors (Lipinski definition) is 0. The number of amides is 1. The summed E-state index contributed by atoms with van der Waals surface area (Å²) in [7, 11) is 0. The van der Waals surface area contributed by atoms with Gasteiger partial charge in [-0.15, -0.1) is 0 Å². The summed E-state index contributed by atoms with van der Waals surface area (Å²) in [5.74, 6) is 0.0142. The van der Waals surface area contributed by atoms with Crippen molar-refractivity contribution in [2.45, 2.75) is 20.3 Å². The zero-order valence-electron chi connectivity index (χ0n) is 14.0. The summed E-state index contributed by atoms with van der Waals surface area (Å²) >= 11 is 0. The third-order valence-corrected chi connectivity index (χ3v) is 4.04. The standard InChI is InChI=1S/C18H25N3O2/c1-15-12-16(2)14-17(13-15)18(22)21(5-3-4-19)7-6-20-8-10-23-11-9-20/h12-14H,3,5-11H2,1-2H3. The van der Waals surface area contributed by atoms with Crippen molar-refractivity contribution in [3.63, 3.8) is 0 Å². The van der Waals surface area contributed by atoms with E-state index in [0.717, 1.165) is 44.0 Å². The van der Waals surface area contributed by atoms with E-state index in [1.807, 2.05) is 26.0 Å². The molecule has 0 N–H and O–H groups in total. The Morgan fingerprint density at radius 2 is 1.87 bits per heavy atom. The zero-order valence-corrected chi connectivity index (χ0v) is 14.0. The molecule has 1 aromatic rings. The monoisotopic (exact) mass is 315 g/mol. The van der Waals surface area contributed by atoms with Gasteiger partial charge in [0.25, 0.3) is 5.91 Å². The minimum absolute atomic E-state index is 0.0142. The molecule has 0 saturated carbocycles. The number of nitrogens with zero attached hydrogens (tertiary/aromatic N) is 3. The van der Waals surface area contributed by atoms with Gasteiger partial charge in [0.2, 0.25) is 0 Å². The lowest BCUT2D eigenvalue weighted by atomic mass is 10.1. The van der Waals surface area contributed by atoms with Gasteiger partial charge in [0.15, 0.2) is 0 Å². The van der Waals surface area contributed by atoms with Crippen LogP contribution in [0.1, 0.15) is 27.9 Å². The molecule has 1 saturated heterocycles. The van der Waals surface area contributed by atoms with Crippen LogP contribution in [0, 0.1) is 25.2 Å². The van der Waals surface area contributed by atoms with Gasteiger partial charge in [-0.2, -0.15) is 5.26 Å². The van der Waals surface area contributed by atoms with Gasteiger partial charge < -0.3 is 9.64 Å². The van der Waals surface area contributed by atoms with Gasteiger partial charge in [-0.1, -0.05) is 17.2 Å². The molecular weight excluding hydrogens is 290 g/mol. The maximum atomic E-state index is 12.8. The predicted octanol–water partition coefficient (Wildman–Crippen LogP) is 1.99. The number of carbonyl (C=O) groups is 1. The lowest BCUT2D eigenvalue weighted by Crippen LogP contribution is -2.43.